The number of carbonyl (C=O) groups is 2. The lowest BCUT2D eigenvalue weighted by molar-refractivity contribution is -0.145. The number of hydrogen-bond donors (Lipinski definition) is 3. The standard InChI is InChI=1S/C23H38N2O6/c1-3-4-15-24-16-9-8-13-23(21(26)27,14-10-17-30-19-29-2)25-22(28)31-18-20-11-6-5-7-12-20/h5-7,11-12,24H,3-4,8-10,13-19H2,1-2H3,(H,25,28)(H,26,27). The van der Waals surface area contributed by atoms with Gasteiger partial charge in [-0.2, -0.15) is 0 Å². The van der Waals surface area contributed by atoms with Crippen LogP contribution in [0.25, 0.3) is 0 Å². The fraction of sp³-hybridized carbons (Fsp3) is 0.652. The predicted octanol–water partition coefficient (Wildman–Crippen LogP) is 3.70. The van der Waals surface area contributed by atoms with Crippen LogP contribution in [0.1, 0.15) is 57.4 Å². The van der Waals surface area contributed by atoms with Crippen LogP contribution < -0.4 is 10.6 Å². The van der Waals surface area contributed by atoms with Gasteiger partial charge >= 0.3 is 12.1 Å². The highest BCUT2D eigenvalue weighted by Crippen LogP contribution is 2.22. The Morgan fingerprint density at radius 2 is 1.74 bits per heavy atom. The lowest BCUT2D eigenvalue weighted by atomic mass is 9.87. The highest BCUT2D eigenvalue weighted by Gasteiger charge is 2.39. The number of nitrogens with one attached hydrogen (secondary N) is 2. The Morgan fingerprint density at radius 3 is 2.42 bits per heavy atom. The number of amides is 1. The molecule has 8 nitrogen and oxygen atoms in total. The van der Waals surface area contributed by atoms with Crippen LogP contribution in [0.15, 0.2) is 30.3 Å². The third kappa shape index (κ3) is 11.7. The van der Waals surface area contributed by atoms with Crippen molar-refractivity contribution in [1.82, 2.24) is 10.6 Å². The molecule has 1 aromatic rings. The van der Waals surface area contributed by atoms with E-state index in [1.807, 2.05) is 30.3 Å². The molecule has 3 N–H and O–H groups in total. The molecule has 0 heterocycles. The molecule has 1 atom stereocenters. The van der Waals surface area contributed by atoms with E-state index in [9.17, 15) is 14.7 Å². The minimum Gasteiger partial charge on any atom is -0.480 e. The number of carboxylic acid groups (broad SMARTS) is 1. The van der Waals surface area contributed by atoms with Gasteiger partial charge in [-0.15, -0.1) is 0 Å². The average Bonchev–Trinajstić information content (AvgIpc) is 2.77. The molecule has 0 bridgehead atoms. The fourth-order valence-electron chi connectivity index (χ4n) is 3.19. The van der Waals surface area contributed by atoms with Gasteiger partial charge in [0.05, 0.1) is 0 Å². The van der Waals surface area contributed by atoms with Crippen molar-refractivity contribution < 1.29 is 28.9 Å². The number of methoxy groups -OCH3 is 1. The predicted molar refractivity (Wildman–Crippen MR) is 119 cm³/mol. The SMILES string of the molecule is CCCCNCCCCC(CCCOCOC)(NC(=O)OCc1ccccc1)C(=O)O. The number of alkyl carbamates (subject to hydrolysis) is 1. The molecule has 0 saturated carbocycles. The second kappa shape index (κ2) is 16.5. The molecule has 0 saturated heterocycles. The van der Waals surface area contributed by atoms with Gasteiger partial charge in [0.25, 0.3) is 0 Å². The average molecular weight is 439 g/mol. The van der Waals surface area contributed by atoms with Crippen LogP contribution in [0.2, 0.25) is 0 Å². The summed E-state index contributed by atoms with van der Waals surface area (Å²) in [6, 6.07) is 9.27. The zero-order valence-electron chi connectivity index (χ0n) is 18.9. The van der Waals surface area contributed by atoms with Gasteiger partial charge in [-0.25, -0.2) is 9.59 Å². The summed E-state index contributed by atoms with van der Waals surface area (Å²) in [5.74, 6) is -1.06. The Labute approximate surface area is 185 Å². The van der Waals surface area contributed by atoms with Crippen LogP contribution in [-0.2, 0) is 25.6 Å². The quantitative estimate of drug-likeness (QED) is 0.237. The van der Waals surface area contributed by atoms with Crippen molar-refractivity contribution in [2.45, 2.75) is 64.0 Å². The van der Waals surface area contributed by atoms with Crippen LogP contribution in [0, 0.1) is 0 Å². The number of ether oxygens (including phenoxy) is 3. The first-order valence-corrected chi connectivity index (χ1v) is 11.0. The topological polar surface area (TPSA) is 106 Å². The molecule has 1 aromatic carbocycles. The molecule has 0 fully saturated rings. The van der Waals surface area contributed by atoms with Crippen LogP contribution in [0.4, 0.5) is 4.79 Å². The Kier molecular flexibility index (Phi) is 14.3. The lowest BCUT2D eigenvalue weighted by Gasteiger charge is -2.30. The van der Waals surface area contributed by atoms with Crippen molar-refractivity contribution in [2.24, 2.45) is 0 Å². The van der Waals surface area contributed by atoms with Crippen molar-refractivity contribution in [2.75, 3.05) is 33.6 Å². The van der Waals surface area contributed by atoms with Gasteiger partial charge in [0.1, 0.15) is 18.9 Å². The van der Waals surface area contributed by atoms with E-state index in [4.69, 9.17) is 14.2 Å². The van der Waals surface area contributed by atoms with Gasteiger partial charge in [-0.3, -0.25) is 0 Å². The van der Waals surface area contributed by atoms with Crippen molar-refractivity contribution in [3.05, 3.63) is 35.9 Å². The van der Waals surface area contributed by atoms with E-state index in [1.165, 1.54) is 7.11 Å². The molecular formula is C23H38N2O6. The second-order valence-electron chi connectivity index (χ2n) is 7.55. The lowest BCUT2D eigenvalue weighted by Crippen LogP contribution is -2.54. The monoisotopic (exact) mass is 438 g/mol. The molecule has 0 spiro atoms. The third-order valence-corrected chi connectivity index (χ3v) is 4.97. The molecular weight excluding hydrogens is 400 g/mol. The zero-order valence-corrected chi connectivity index (χ0v) is 18.9. The second-order valence-corrected chi connectivity index (χ2v) is 7.55. The maximum absolute atomic E-state index is 12.4. The molecule has 0 aliphatic carbocycles. The Morgan fingerprint density at radius 1 is 1.03 bits per heavy atom. The maximum Gasteiger partial charge on any atom is 0.408 e. The minimum absolute atomic E-state index is 0.0840. The highest BCUT2D eigenvalue weighted by atomic mass is 16.7. The maximum atomic E-state index is 12.4. The van der Waals surface area contributed by atoms with Crippen molar-refractivity contribution in [1.29, 1.82) is 0 Å². The summed E-state index contributed by atoms with van der Waals surface area (Å²) in [7, 11) is 1.53. The molecule has 31 heavy (non-hydrogen) atoms. The summed E-state index contributed by atoms with van der Waals surface area (Å²) in [6.07, 6.45) is 4.07. The summed E-state index contributed by atoms with van der Waals surface area (Å²) in [4.78, 5) is 24.6. The fourth-order valence-corrected chi connectivity index (χ4v) is 3.19. The van der Waals surface area contributed by atoms with Crippen molar-refractivity contribution in [3.8, 4) is 0 Å². The van der Waals surface area contributed by atoms with Gasteiger partial charge in [0, 0.05) is 13.7 Å². The summed E-state index contributed by atoms with van der Waals surface area (Å²) in [5.41, 5.74) is -0.558. The molecule has 0 radical (unpaired) electrons. The van der Waals surface area contributed by atoms with E-state index >= 15 is 0 Å². The number of hydrogen-bond acceptors (Lipinski definition) is 6. The Balaban J connectivity index is 2.63. The molecule has 8 heteroatoms. The summed E-state index contributed by atoms with van der Waals surface area (Å²) in [6.45, 7) is 4.51. The smallest absolute Gasteiger partial charge is 0.408 e. The summed E-state index contributed by atoms with van der Waals surface area (Å²) in [5, 5.41) is 16.0. The first kappa shape index (κ1) is 26.9. The highest BCUT2D eigenvalue weighted by molar-refractivity contribution is 5.84. The number of unbranched alkanes of at least 4 members (excludes halogenated alkanes) is 2. The van der Waals surface area contributed by atoms with Gasteiger partial charge < -0.3 is 30.0 Å². The summed E-state index contributed by atoms with van der Waals surface area (Å²) >= 11 is 0. The number of aliphatic carboxylic acids is 1. The van der Waals surface area contributed by atoms with Crippen molar-refractivity contribution in [3.63, 3.8) is 0 Å². The summed E-state index contributed by atoms with van der Waals surface area (Å²) < 4.78 is 15.4. The van der Waals surface area contributed by atoms with Crippen LogP contribution in [-0.4, -0.2) is 56.3 Å². The van der Waals surface area contributed by atoms with Crippen LogP contribution in [0.3, 0.4) is 0 Å². The Hall–Kier alpha value is -2.16. The molecule has 0 aromatic heterocycles. The zero-order chi connectivity index (χ0) is 22.8. The van der Waals surface area contributed by atoms with E-state index in [0.29, 0.717) is 25.9 Å². The van der Waals surface area contributed by atoms with Crippen molar-refractivity contribution >= 4 is 12.1 Å². The van der Waals surface area contributed by atoms with E-state index in [-0.39, 0.29) is 19.8 Å². The molecule has 1 amide bonds. The molecule has 0 aliphatic heterocycles. The van der Waals surface area contributed by atoms with Gasteiger partial charge in [-0.05, 0) is 57.2 Å². The normalized spacial score (nSPS) is 12.8. The van der Waals surface area contributed by atoms with E-state index in [0.717, 1.165) is 37.9 Å². The van der Waals surface area contributed by atoms with E-state index in [1.54, 1.807) is 0 Å². The number of carbonyl (C=O) groups excluding carboxylic acids is 1. The molecule has 0 aliphatic rings. The molecule has 1 rings (SSSR count). The number of rotatable bonds is 18. The van der Waals surface area contributed by atoms with E-state index < -0.39 is 17.6 Å². The number of carboxylic acids is 1. The Bertz CT molecular complexity index is 613. The first-order chi connectivity index (χ1) is 15.0. The largest absolute Gasteiger partial charge is 0.480 e. The van der Waals surface area contributed by atoms with E-state index in [2.05, 4.69) is 17.6 Å². The van der Waals surface area contributed by atoms with Gasteiger partial charge in [-0.1, -0.05) is 43.7 Å². The molecule has 1 unspecified atom stereocenters. The minimum atomic E-state index is -1.40. The first-order valence-electron chi connectivity index (χ1n) is 11.0. The van der Waals surface area contributed by atoms with Crippen LogP contribution >= 0.6 is 0 Å². The van der Waals surface area contributed by atoms with Crippen LogP contribution in [0.5, 0.6) is 0 Å². The molecule has 176 valence electrons. The van der Waals surface area contributed by atoms with Gasteiger partial charge in [0.2, 0.25) is 0 Å². The third-order valence-electron chi connectivity index (χ3n) is 4.97. The number of benzene rings is 1. The van der Waals surface area contributed by atoms with Gasteiger partial charge in [0.15, 0.2) is 0 Å².